The third kappa shape index (κ3) is 2.98. The van der Waals surface area contributed by atoms with E-state index in [1.807, 2.05) is 11.0 Å². The van der Waals surface area contributed by atoms with Gasteiger partial charge in [0.05, 0.1) is 0 Å². The highest BCUT2D eigenvalue weighted by Gasteiger charge is 2.49. The fraction of sp³-hybridized carbons (Fsp3) is 0.458. The van der Waals surface area contributed by atoms with Gasteiger partial charge in [0.2, 0.25) is 0 Å². The van der Waals surface area contributed by atoms with Gasteiger partial charge in [-0.1, -0.05) is 55.0 Å². The van der Waals surface area contributed by atoms with Crippen molar-refractivity contribution in [1.82, 2.24) is 0 Å². The minimum atomic E-state index is -0.305. The Morgan fingerprint density at radius 1 is 1.07 bits per heavy atom. The molecule has 2 aromatic rings. The molecule has 0 spiro atoms. The Morgan fingerprint density at radius 3 is 2.44 bits per heavy atom. The highest BCUT2D eigenvalue weighted by Crippen LogP contribution is 2.50. The van der Waals surface area contributed by atoms with Gasteiger partial charge >= 0.3 is 0 Å². The molecular weight excluding hydrogens is 334 g/mol. The molecule has 4 rings (SSSR count). The fourth-order valence-electron chi connectivity index (χ4n) is 5.01. The zero-order valence-corrected chi connectivity index (χ0v) is 16.8. The average molecular weight is 364 g/mol. The number of carbonyl (C=O) groups excluding carboxylic acids is 1. The van der Waals surface area contributed by atoms with Crippen molar-refractivity contribution < 1.29 is 9.53 Å². The summed E-state index contributed by atoms with van der Waals surface area (Å²) in [7, 11) is 0. The molecule has 1 fully saturated rings. The van der Waals surface area contributed by atoms with Gasteiger partial charge in [0.15, 0.2) is 0 Å². The average Bonchev–Trinajstić information content (AvgIpc) is 3.16. The van der Waals surface area contributed by atoms with E-state index in [9.17, 15) is 4.79 Å². The van der Waals surface area contributed by atoms with Crippen LogP contribution in [0.3, 0.4) is 0 Å². The molecule has 3 nitrogen and oxygen atoms in total. The maximum Gasteiger partial charge on any atom is 0.256 e. The number of anilines is 1. The molecule has 0 aliphatic carbocycles. The quantitative estimate of drug-likeness (QED) is 0.752. The first kappa shape index (κ1) is 18.2. The van der Waals surface area contributed by atoms with E-state index in [-0.39, 0.29) is 23.0 Å². The van der Waals surface area contributed by atoms with Crippen LogP contribution < -0.4 is 4.90 Å². The molecule has 2 atom stereocenters. The number of rotatable bonds is 2. The van der Waals surface area contributed by atoms with Crippen LogP contribution in [0, 0.1) is 6.92 Å². The number of fused-ring (bicyclic) bond motifs is 1. The standard InChI is InChI=1S/C24H29NO2/c1-17-11-13-18(14-12-17)24(4)16-23(2,3)25(20-9-6-5-8-19(20)24)22(26)21-10-7-15-27-21/h5-6,8-9,11-14,21H,7,10,15-16H2,1-4H3/t21-,24-/m0/s1. The number of benzene rings is 2. The lowest BCUT2D eigenvalue weighted by atomic mass is 9.65. The summed E-state index contributed by atoms with van der Waals surface area (Å²) in [5.74, 6) is 0.107. The lowest BCUT2D eigenvalue weighted by molar-refractivity contribution is -0.128. The molecule has 2 aliphatic heterocycles. The van der Waals surface area contributed by atoms with Crippen molar-refractivity contribution in [2.24, 2.45) is 0 Å². The second-order valence-electron chi connectivity index (χ2n) is 8.88. The van der Waals surface area contributed by atoms with E-state index in [2.05, 4.69) is 70.2 Å². The number of amides is 1. The van der Waals surface area contributed by atoms with Gasteiger partial charge in [0.25, 0.3) is 5.91 Å². The van der Waals surface area contributed by atoms with Gasteiger partial charge in [-0.05, 0) is 57.2 Å². The summed E-state index contributed by atoms with van der Waals surface area (Å²) in [6.07, 6.45) is 2.36. The van der Waals surface area contributed by atoms with Crippen LogP contribution in [0.5, 0.6) is 0 Å². The Labute approximate surface area is 162 Å². The number of nitrogens with zero attached hydrogens (tertiary/aromatic N) is 1. The summed E-state index contributed by atoms with van der Waals surface area (Å²) in [6, 6.07) is 17.2. The molecule has 3 heteroatoms. The zero-order valence-electron chi connectivity index (χ0n) is 16.8. The molecule has 1 saturated heterocycles. The molecule has 1 amide bonds. The van der Waals surface area contributed by atoms with Crippen LogP contribution in [-0.2, 0) is 14.9 Å². The molecule has 2 aliphatic rings. The highest BCUT2D eigenvalue weighted by atomic mass is 16.5. The zero-order chi connectivity index (χ0) is 19.2. The molecular formula is C24H29NO2. The Kier molecular flexibility index (Phi) is 4.38. The lowest BCUT2D eigenvalue weighted by Crippen LogP contribution is -2.58. The first-order chi connectivity index (χ1) is 12.8. The van der Waals surface area contributed by atoms with E-state index < -0.39 is 0 Å². The minimum Gasteiger partial charge on any atom is -0.368 e. The van der Waals surface area contributed by atoms with Gasteiger partial charge in [0.1, 0.15) is 6.10 Å². The predicted molar refractivity (Wildman–Crippen MR) is 109 cm³/mol. The molecule has 27 heavy (non-hydrogen) atoms. The first-order valence-electron chi connectivity index (χ1n) is 9.95. The summed E-state index contributed by atoms with van der Waals surface area (Å²) < 4.78 is 5.73. The van der Waals surface area contributed by atoms with E-state index in [0.29, 0.717) is 6.61 Å². The van der Waals surface area contributed by atoms with Crippen LogP contribution in [0.1, 0.15) is 56.7 Å². The summed E-state index contributed by atoms with van der Waals surface area (Å²) >= 11 is 0. The van der Waals surface area contributed by atoms with Gasteiger partial charge < -0.3 is 9.64 Å². The van der Waals surface area contributed by atoms with E-state index in [1.165, 1.54) is 16.7 Å². The molecule has 2 aromatic carbocycles. The van der Waals surface area contributed by atoms with Crippen LogP contribution in [0.2, 0.25) is 0 Å². The van der Waals surface area contributed by atoms with Gasteiger partial charge in [-0.3, -0.25) is 4.79 Å². The molecule has 0 radical (unpaired) electrons. The van der Waals surface area contributed by atoms with Gasteiger partial charge in [0, 0.05) is 23.2 Å². The molecule has 0 aromatic heterocycles. The molecule has 2 heterocycles. The Morgan fingerprint density at radius 2 is 1.78 bits per heavy atom. The van der Waals surface area contributed by atoms with Gasteiger partial charge in [-0.2, -0.15) is 0 Å². The van der Waals surface area contributed by atoms with Crippen molar-refractivity contribution in [2.45, 2.75) is 64.0 Å². The smallest absolute Gasteiger partial charge is 0.256 e. The van der Waals surface area contributed by atoms with Crippen LogP contribution in [0.25, 0.3) is 0 Å². The minimum absolute atomic E-state index is 0.107. The van der Waals surface area contributed by atoms with E-state index in [0.717, 1.165) is 24.9 Å². The molecule has 0 saturated carbocycles. The third-order valence-electron chi connectivity index (χ3n) is 6.25. The molecule has 0 unspecified atom stereocenters. The summed E-state index contributed by atoms with van der Waals surface area (Å²) in [6.45, 7) is 9.48. The normalized spacial score (nSPS) is 26.7. The second kappa shape index (κ2) is 6.49. The van der Waals surface area contributed by atoms with Crippen molar-refractivity contribution in [1.29, 1.82) is 0 Å². The Hall–Kier alpha value is -2.13. The topological polar surface area (TPSA) is 29.5 Å². The number of hydrogen-bond acceptors (Lipinski definition) is 2. The summed E-state index contributed by atoms with van der Waals surface area (Å²) in [5, 5.41) is 0. The molecule has 142 valence electrons. The maximum atomic E-state index is 13.4. The van der Waals surface area contributed by atoms with E-state index in [4.69, 9.17) is 4.74 Å². The summed E-state index contributed by atoms with van der Waals surface area (Å²) in [5.41, 5.74) is 4.38. The van der Waals surface area contributed by atoms with Gasteiger partial charge in [-0.25, -0.2) is 0 Å². The van der Waals surface area contributed by atoms with Crippen molar-refractivity contribution >= 4 is 11.6 Å². The largest absolute Gasteiger partial charge is 0.368 e. The first-order valence-corrected chi connectivity index (χ1v) is 9.95. The monoisotopic (exact) mass is 363 g/mol. The lowest BCUT2D eigenvalue weighted by Gasteiger charge is -2.51. The number of para-hydroxylation sites is 1. The number of aryl methyl sites for hydroxylation is 1. The van der Waals surface area contributed by atoms with Crippen molar-refractivity contribution in [3.8, 4) is 0 Å². The van der Waals surface area contributed by atoms with Crippen LogP contribution >= 0.6 is 0 Å². The highest BCUT2D eigenvalue weighted by molar-refractivity contribution is 5.99. The van der Waals surface area contributed by atoms with Gasteiger partial charge in [-0.15, -0.1) is 0 Å². The van der Waals surface area contributed by atoms with Crippen molar-refractivity contribution in [2.75, 3.05) is 11.5 Å². The second-order valence-corrected chi connectivity index (χ2v) is 8.88. The predicted octanol–water partition coefficient (Wildman–Crippen LogP) is 5.00. The SMILES string of the molecule is Cc1ccc([C@]2(C)CC(C)(C)N(C(=O)[C@@H]3CCCO3)c3ccccc32)cc1. The number of ether oxygens (including phenoxy) is 1. The van der Waals surface area contributed by atoms with Crippen LogP contribution in [0.4, 0.5) is 5.69 Å². The van der Waals surface area contributed by atoms with Crippen LogP contribution in [0.15, 0.2) is 48.5 Å². The summed E-state index contributed by atoms with van der Waals surface area (Å²) in [4.78, 5) is 15.4. The third-order valence-corrected chi connectivity index (χ3v) is 6.25. The number of carbonyl (C=O) groups is 1. The van der Waals surface area contributed by atoms with Crippen molar-refractivity contribution in [3.05, 3.63) is 65.2 Å². The van der Waals surface area contributed by atoms with E-state index >= 15 is 0 Å². The maximum absolute atomic E-state index is 13.4. The van der Waals surface area contributed by atoms with E-state index in [1.54, 1.807) is 0 Å². The van der Waals surface area contributed by atoms with Crippen LogP contribution in [-0.4, -0.2) is 24.2 Å². The fourth-order valence-corrected chi connectivity index (χ4v) is 5.01. The Balaban J connectivity index is 1.84. The van der Waals surface area contributed by atoms with Crippen molar-refractivity contribution in [3.63, 3.8) is 0 Å². The molecule has 0 bridgehead atoms. The number of hydrogen-bond donors (Lipinski definition) is 0. The molecule has 0 N–H and O–H groups in total. The Bertz CT molecular complexity index is 849.